The minimum absolute atomic E-state index is 0.0307. The smallest absolute Gasteiger partial charge is 0.244 e. The first-order valence-electron chi connectivity index (χ1n) is 10.1. The summed E-state index contributed by atoms with van der Waals surface area (Å²) in [5.74, 6) is 1.88. The van der Waals surface area contributed by atoms with E-state index in [4.69, 9.17) is 24.7 Å². The molecular formula is C24H24N4O4. The molecule has 2 heterocycles. The lowest BCUT2D eigenvalue weighted by atomic mass is 9.83. The number of benzene rings is 2. The summed E-state index contributed by atoms with van der Waals surface area (Å²) >= 11 is 0. The lowest BCUT2D eigenvalue weighted by Crippen LogP contribution is -2.21. The molecule has 0 amide bonds. The molecule has 8 heteroatoms. The first-order valence-corrected chi connectivity index (χ1v) is 10.1. The first kappa shape index (κ1) is 21.1. The van der Waals surface area contributed by atoms with Crippen LogP contribution in [0.25, 0.3) is 11.3 Å². The fourth-order valence-electron chi connectivity index (χ4n) is 3.80. The molecule has 0 fully saturated rings. The molecule has 0 unspecified atom stereocenters. The zero-order chi connectivity index (χ0) is 22.8. The number of hydrogen-bond acceptors (Lipinski definition) is 7. The SMILES string of the molecule is COc1ccc(OC)c(-c2[nH]nc3c2[C@H](c2ccc(OC(C)C)cc2)C(C#N)=C(N)O3)c1. The summed E-state index contributed by atoms with van der Waals surface area (Å²) in [5.41, 5.74) is 9.33. The minimum atomic E-state index is -0.485. The molecule has 4 rings (SSSR count). The van der Waals surface area contributed by atoms with E-state index in [2.05, 4.69) is 16.3 Å². The van der Waals surface area contributed by atoms with Gasteiger partial charge < -0.3 is 24.7 Å². The molecule has 0 saturated carbocycles. The highest BCUT2D eigenvalue weighted by Crippen LogP contribution is 2.47. The molecule has 1 aromatic heterocycles. The molecule has 2 aromatic carbocycles. The number of rotatable bonds is 6. The van der Waals surface area contributed by atoms with Gasteiger partial charge in [-0.2, -0.15) is 5.26 Å². The van der Waals surface area contributed by atoms with E-state index in [-0.39, 0.29) is 12.0 Å². The van der Waals surface area contributed by atoms with Gasteiger partial charge in [-0.3, -0.25) is 5.10 Å². The van der Waals surface area contributed by atoms with Crippen LogP contribution < -0.4 is 24.7 Å². The van der Waals surface area contributed by atoms with Gasteiger partial charge in [0.1, 0.15) is 28.9 Å². The van der Waals surface area contributed by atoms with Gasteiger partial charge in [0.25, 0.3) is 0 Å². The number of methoxy groups -OCH3 is 2. The number of ether oxygens (including phenoxy) is 4. The Kier molecular flexibility index (Phi) is 5.65. The fourth-order valence-corrected chi connectivity index (χ4v) is 3.80. The van der Waals surface area contributed by atoms with Crippen molar-refractivity contribution >= 4 is 0 Å². The van der Waals surface area contributed by atoms with Gasteiger partial charge in [-0.15, -0.1) is 5.10 Å². The summed E-state index contributed by atoms with van der Waals surface area (Å²) in [5, 5.41) is 17.3. The van der Waals surface area contributed by atoms with E-state index < -0.39 is 5.92 Å². The van der Waals surface area contributed by atoms with Crippen molar-refractivity contribution in [1.82, 2.24) is 10.2 Å². The molecule has 0 radical (unpaired) electrons. The van der Waals surface area contributed by atoms with E-state index in [9.17, 15) is 5.26 Å². The lowest BCUT2D eigenvalue weighted by Gasteiger charge is -2.24. The minimum Gasteiger partial charge on any atom is -0.497 e. The van der Waals surface area contributed by atoms with Crippen LogP contribution in [-0.2, 0) is 0 Å². The molecule has 32 heavy (non-hydrogen) atoms. The topological polar surface area (TPSA) is 115 Å². The van der Waals surface area contributed by atoms with Crippen LogP contribution >= 0.6 is 0 Å². The number of fused-ring (bicyclic) bond motifs is 1. The molecule has 0 bridgehead atoms. The molecule has 164 valence electrons. The monoisotopic (exact) mass is 432 g/mol. The number of nitrogens with two attached hydrogens (primary N) is 1. The van der Waals surface area contributed by atoms with Crippen LogP contribution in [0.3, 0.4) is 0 Å². The Balaban J connectivity index is 1.89. The summed E-state index contributed by atoms with van der Waals surface area (Å²) in [7, 11) is 3.19. The predicted molar refractivity (Wildman–Crippen MR) is 119 cm³/mol. The maximum Gasteiger partial charge on any atom is 0.244 e. The summed E-state index contributed by atoms with van der Waals surface area (Å²) in [6.07, 6.45) is 0.0572. The van der Waals surface area contributed by atoms with Crippen molar-refractivity contribution in [3.05, 3.63) is 65.0 Å². The van der Waals surface area contributed by atoms with Gasteiger partial charge in [-0.25, -0.2) is 0 Å². The highest BCUT2D eigenvalue weighted by molar-refractivity contribution is 5.76. The van der Waals surface area contributed by atoms with E-state index in [1.165, 1.54) is 0 Å². The molecule has 0 spiro atoms. The van der Waals surface area contributed by atoms with E-state index in [1.54, 1.807) is 14.2 Å². The Morgan fingerprint density at radius 3 is 2.44 bits per heavy atom. The van der Waals surface area contributed by atoms with Crippen LogP contribution in [-0.4, -0.2) is 30.5 Å². The molecule has 1 atom stereocenters. The van der Waals surface area contributed by atoms with Gasteiger partial charge in [0.15, 0.2) is 0 Å². The number of allylic oxidation sites excluding steroid dienone is 1. The molecule has 0 aliphatic carbocycles. The average molecular weight is 432 g/mol. The molecule has 8 nitrogen and oxygen atoms in total. The zero-order valence-electron chi connectivity index (χ0n) is 18.3. The van der Waals surface area contributed by atoms with Gasteiger partial charge in [0.2, 0.25) is 11.8 Å². The van der Waals surface area contributed by atoms with Crippen LogP contribution in [0.5, 0.6) is 23.1 Å². The number of aromatic amines is 1. The molecule has 3 aromatic rings. The first-order chi connectivity index (χ1) is 15.5. The number of hydrogen-bond donors (Lipinski definition) is 2. The zero-order valence-corrected chi connectivity index (χ0v) is 18.3. The Hall–Kier alpha value is -4.12. The van der Waals surface area contributed by atoms with Crippen LogP contribution in [0.15, 0.2) is 53.9 Å². The molecule has 1 aliphatic heterocycles. The number of nitrogens with zero attached hydrogens (tertiary/aromatic N) is 2. The van der Waals surface area contributed by atoms with Crippen LogP contribution in [0.4, 0.5) is 0 Å². The number of nitrogens with one attached hydrogen (secondary N) is 1. The maximum absolute atomic E-state index is 9.91. The van der Waals surface area contributed by atoms with E-state index >= 15 is 0 Å². The molecular weight excluding hydrogens is 408 g/mol. The van der Waals surface area contributed by atoms with E-state index in [1.807, 2.05) is 56.3 Å². The number of nitriles is 1. The van der Waals surface area contributed by atoms with Crippen LogP contribution in [0, 0.1) is 11.3 Å². The van der Waals surface area contributed by atoms with Crippen molar-refractivity contribution in [2.24, 2.45) is 5.73 Å². The highest BCUT2D eigenvalue weighted by atomic mass is 16.5. The van der Waals surface area contributed by atoms with Gasteiger partial charge in [0.05, 0.1) is 37.5 Å². The Bertz CT molecular complexity index is 1210. The van der Waals surface area contributed by atoms with Crippen molar-refractivity contribution < 1.29 is 18.9 Å². The second-order valence-corrected chi connectivity index (χ2v) is 7.54. The van der Waals surface area contributed by atoms with Crippen molar-refractivity contribution in [1.29, 1.82) is 5.26 Å². The Morgan fingerprint density at radius 1 is 1.09 bits per heavy atom. The summed E-state index contributed by atoms with van der Waals surface area (Å²) in [6, 6.07) is 15.3. The van der Waals surface area contributed by atoms with Gasteiger partial charge in [0, 0.05) is 5.56 Å². The molecule has 0 saturated heterocycles. The fraction of sp³-hybridized carbons (Fsp3) is 0.250. The summed E-state index contributed by atoms with van der Waals surface area (Å²) in [6.45, 7) is 3.93. The predicted octanol–water partition coefficient (Wildman–Crippen LogP) is 4.10. The largest absolute Gasteiger partial charge is 0.497 e. The van der Waals surface area contributed by atoms with Crippen LogP contribution in [0.2, 0.25) is 0 Å². The van der Waals surface area contributed by atoms with Crippen molar-refractivity contribution in [2.75, 3.05) is 14.2 Å². The van der Waals surface area contributed by atoms with Gasteiger partial charge >= 0.3 is 0 Å². The summed E-state index contributed by atoms with van der Waals surface area (Å²) < 4.78 is 22.4. The highest BCUT2D eigenvalue weighted by Gasteiger charge is 2.36. The lowest BCUT2D eigenvalue weighted by molar-refractivity contribution is 0.242. The third-order valence-electron chi connectivity index (χ3n) is 5.20. The van der Waals surface area contributed by atoms with Gasteiger partial charge in [-0.1, -0.05) is 12.1 Å². The van der Waals surface area contributed by atoms with Crippen molar-refractivity contribution in [3.63, 3.8) is 0 Å². The maximum atomic E-state index is 9.91. The number of aromatic nitrogens is 2. The van der Waals surface area contributed by atoms with Crippen molar-refractivity contribution in [2.45, 2.75) is 25.9 Å². The number of H-pyrrole nitrogens is 1. The van der Waals surface area contributed by atoms with Crippen LogP contribution in [0.1, 0.15) is 30.9 Å². The standard InChI is InChI=1S/C24H24N4O4/c1-13(2)31-15-7-5-14(6-8-15)20-18(12-25)23(26)32-24-21(20)22(27-28-24)17-11-16(29-3)9-10-19(17)30-4/h5-11,13,20H,26H2,1-4H3,(H,27,28)/t20-/m1/s1. The molecule has 1 aliphatic rings. The normalized spacial score (nSPS) is 15.1. The van der Waals surface area contributed by atoms with Gasteiger partial charge in [-0.05, 0) is 49.7 Å². The molecule has 3 N–H and O–H groups in total. The third kappa shape index (κ3) is 3.69. The third-order valence-corrected chi connectivity index (χ3v) is 5.20. The second-order valence-electron chi connectivity index (χ2n) is 7.54. The average Bonchev–Trinajstić information content (AvgIpc) is 3.21. The quantitative estimate of drug-likeness (QED) is 0.602. The van der Waals surface area contributed by atoms with E-state index in [0.717, 1.165) is 16.9 Å². The Labute approximate surface area is 186 Å². The summed E-state index contributed by atoms with van der Waals surface area (Å²) in [4.78, 5) is 0. The Morgan fingerprint density at radius 2 is 1.81 bits per heavy atom. The van der Waals surface area contributed by atoms with E-state index in [0.29, 0.717) is 34.2 Å². The van der Waals surface area contributed by atoms with Crippen molar-refractivity contribution in [3.8, 4) is 40.5 Å². The second kappa shape index (κ2) is 8.55.